The molecule has 1 aromatic heterocycles. The number of halogens is 2. The van der Waals surface area contributed by atoms with Gasteiger partial charge in [0, 0.05) is 24.1 Å². The third-order valence-corrected chi connectivity index (χ3v) is 3.45. The molecule has 0 aliphatic carbocycles. The van der Waals surface area contributed by atoms with Gasteiger partial charge in [-0.1, -0.05) is 30.1 Å². The zero-order valence-electron chi connectivity index (χ0n) is 10.4. The topological polar surface area (TPSA) is 43.8 Å². The lowest BCUT2D eigenvalue weighted by molar-refractivity contribution is 0.764. The van der Waals surface area contributed by atoms with Gasteiger partial charge in [-0.15, -0.1) is 0 Å². The molecule has 2 aromatic rings. The highest BCUT2D eigenvalue weighted by Crippen LogP contribution is 2.33. The molecule has 5 heteroatoms. The summed E-state index contributed by atoms with van der Waals surface area (Å²) in [4.78, 5) is 4.57. The average molecular weight is 284 g/mol. The SMILES string of the molecule is CCCc1nc(-c2cc(Cl)ccc2Cl)c(N)n1C. The summed E-state index contributed by atoms with van der Waals surface area (Å²) < 4.78 is 1.90. The van der Waals surface area contributed by atoms with Crippen LogP contribution < -0.4 is 5.73 Å². The van der Waals surface area contributed by atoms with Crippen molar-refractivity contribution in [1.29, 1.82) is 0 Å². The molecule has 0 unspecified atom stereocenters. The predicted octanol–water partition coefficient (Wildman–Crippen LogP) is 3.93. The summed E-state index contributed by atoms with van der Waals surface area (Å²) in [5.41, 5.74) is 7.56. The standard InChI is InChI=1S/C13H15Cl2N3/c1-3-4-11-17-12(13(16)18(11)2)9-7-8(14)5-6-10(9)15/h5-7H,3-4,16H2,1-2H3. The molecule has 2 rings (SSSR count). The Balaban J connectivity index is 2.57. The van der Waals surface area contributed by atoms with Crippen LogP contribution in [0.15, 0.2) is 18.2 Å². The first kappa shape index (κ1) is 13.2. The number of aryl methyl sites for hydroxylation is 1. The van der Waals surface area contributed by atoms with Crippen molar-refractivity contribution in [2.24, 2.45) is 7.05 Å². The van der Waals surface area contributed by atoms with Crippen LogP contribution in [0.25, 0.3) is 11.3 Å². The molecule has 18 heavy (non-hydrogen) atoms. The van der Waals surface area contributed by atoms with E-state index < -0.39 is 0 Å². The van der Waals surface area contributed by atoms with E-state index in [0.29, 0.717) is 21.6 Å². The van der Waals surface area contributed by atoms with Crippen LogP contribution in [0.1, 0.15) is 19.2 Å². The zero-order valence-corrected chi connectivity index (χ0v) is 11.9. The van der Waals surface area contributed by atoms with Crippen molar-refractivity contribution in [3.05, 3.63) is 34.1 Å². The zero-order chi connectivity index (χ0) is 13.3. The summed E-state index contributed by atoms with van der Waals surface area (Å²) in [6.45, 7) is 2.11. The van der Waals surface area contributed by atoms with Crippen LogP contribution in [0.2, 0.25) is 10.0 Å². The number of rotatable bonds is 3. The van der Waals surface area contributed by atoms with Gasteiger partial charge in [0.1, 0.15) is 17.3 Å². The summed E-state index contributed by atoms with van der Waals surface area (Å²) in [5.74, 6) is 1.57. The molecule has 0 aliphatic heterocycles. The van der Waals surface area contributed by atoms with Crippen LogP contribution >= 0.6 is 23.2 Å². The largest absolute Gasteiger partial charge is 0.383 e. The summed E-state index contributed by atoms with van der Waals surface area (Å²) in [6, 6.07) is 5.30. The Morgan fingerprint density at radius 1 is 1.33 bits per heavy atom. The third kappa shape index (κ3) is 2.33. The maximum atomic E-state index is 6.18. The predicted molar refractivity (Wildman–Crippen MR) is 77.1 cm³/mol. The van der Waals surface area contributed by atoms with Gasteiger partial charge in [0.15, 0.2) is 0 Å². The summed E-state index contributed by atoms with van der Waals surface area (Å²) in [6.07, 6.45) is 1.91. The number of aromatic nitrogens is 2. The van der Waals surface area contributed by atoms with E-state index in [0.717, 1.165) is 24.2 Å². The van der Waals surface area contributed by atoms with Gasteiger partial charge >= 0.3 is 0 Å². The normalized spacial score (nSPS) is 10.9. The van der Waals surface area contributed by atoms with Gasteiger partial charge in [-0.2, -0.15) is 0 Å². The molecule has 0 spiro atoms. The first-order valence-electron chi connectivity index (χ1n) is 5.81. The minimum Gasteiger partial charge on any atom is -0.383 e. The Labute approximate surface area is 117 Å². The quantitative estimate of drug-likeness (QED) is 0.928. The molecule has 0 saturated heterocycles. The highest BCUT2D eigenvalue weighted by molar-refractivity contribution is 6.35. The molecule has 0 atom stereocenters. The molecule has 1 heterocycles. The van der Waals surface area contributed by atoms with Crippen LogP contribution in [0.5, 0.6) is 0 Å². The smallest absolute Gasteiger partial charge is 0.131 e. The van der Waals surface area contributed by atoms with Gasteiger partial charge in [-0.3, -0.25) is 0 Å². The van der Waals surface area contributed by atoms with Crippen molar-refractivity contribution in [2.75, 3.05) is 5.73 Å². The molecule has 0 radical (unpaired) electrons. The van der Waals surface area contributed by atoms with E-state index in [1.807, 2.05) is 11.6 Å². The van der Waals surface area contributed by atoms with Gasteiger partial charge in [0.2, 0.25) is 0 Å². The van der Waals surface area contributed by atoms with E-state index in [-0.39, 0.29) is 0 Å². The highest BCUT2D eigenvalue weighted by Gasteiger charge is 2.15. The molecule has 0 fully saturated rings. The van der Waals surface area contributed by atoms with Crippen LogP contribution in [0.4, 0.5) is 5.82 Å². The fourth-order valence-corrected chi connectivity index (χ4v) is 2.26. The fourth-order valence-electron chi connectivity index (χ4n) is 1.88. The minimum absolute atomic E-state index is 0.604. The van der Waals surface area contributed by atoms with E-state index >= 15 is 0 Å². The van der Waals surface area contributed by atoms with E-state index in [2.05, 4.69) is 11.9 Å². The highest BCUT2D eigenvalue weighted by atomic mass is 35.5. The number of anilines is 1. The lowest BCUT2D eigenvalue weighted by Gasteiger charge is -2.03. The van der Waals surface area contributed by atoms with Gasteiger partial charge in [-0.05, 0) is 24.6 Å². The molecule has 3 nitrogen and oxygen atoms in total. The second-order valence-corrected chi connectivity index (χ2v) is 5.04. The van der Waals surface area contributed by atoms with Crippen molar-refractivity contribution >= 4 is 29.0 Å². The Bertz CT molecular complexity index is 576. The van der Waals surface area contributed by atoms with Gasteiger partial charge in [0.05, 0.1) is 5.02 Å². The van der Waals surface area contributed by atoms with Gasteiger partial charge < -0.3 is 10.3 Å². The Morgan fingerprint density at radius 2 is 2.06 bits per heavy atom. The summed E-state index contributed by atoms with van der Waals surface area (Å²) in [7, 11) is 1.91. The third-order valence-electron chi connectivity index (χ3n) is 2.89. The van der Waals surface area contributed by atoms with E-state index in [4.69, 9.17) is 28.9 Å². The number of hydrogen-bond acceptors (Lipinski definition) is 2. The van der Waals surface area contributed by atoms with E-state index in [1.165, 1.54) is 0 Å². The van der Waals surface area contributed by atoms with Crippen molar-refractivity contribution < 1.29 is 0 Å². The number of nitrogens with zero attached hydrogens (tertiary/aromatic N) is 2. The van der Waals surface area contributed by atoms with Crippen molar-refractivity contribution in [1.82, 2.24) is 9.55 Å². The molecule has 0 amide bonds. The number of nitrogen functional groups attached to an aromatic ring is 1. The first-order chi connectivity index (χ1) is 8.54. The molecule has 0 aliphatic rings. The Kier molecular flexibility index (Phi) is 3.83. The molecular weight excluding hydrogens is 269 g/mol. The summed E-state index contributed by atoms with van der Waals surface area (Å²) in [5, 5.41) is 1.23. The van der Waals surface area contributed by atoms with E-state index in [9.17, 15) is 0 Å². The number of hydrogen-bond donors (Lipinski definition) is 1. The monoisotopic (exact) mass is 283 g/mol. The second-order valence-electron chi connectivity index (χ2n) is 4.20. The number of benzene rings is 1. The molecule has 0 bridgehead atoms. The Morgan fingerprint density at radius 3 is 2.72 bits per heavy atom. The van der Waals surface area contributed by atoms with E-state index in [1.54, 1.807) is 18.2 Å². The molecule has 0 saturated carbocycles. The average Bonchev–Trinajstić information content (AvgIpc) is 2.61. The molecule has 2 N–H and O–H groups in total. The molecular formula is C13H15Cl2N3. The lowest BCUT2D eigenvalue weighted by Crippen LogP contribution is -2.01. The Hall–Kier alpha value is -1.19. The minimum atomic E-state index is 0.604. The van der Waals surface area contributed by atoms with Crippen LogP contribution in [-0.4, -0.2) is 9.55 Å². The number of nitrogens with two attached hydrogens (primary N) is 1. The van der Waals surface area contributed by atoms with Crippen molar-refractivity contribution in [2.45, 2.75) is 19.8 Å². The summed E-state index contributed by atoms with van der Waals surface area (Å²) >= 11 is 12.2. The molecule has 1 aromatic carbocycles. The van der Waals surface area contributed by atoms with Crippen LogP contribution in [0.3, 0.4) is 0 Å². The molecule has 96 valence electrons. The van der Waals surface area contributed by atoms with Crippen LogP contribution in [-0.2, 0) is 13.5 Å². The van der Waals surface area contributed by atoms with Crippen molar-refractivity contribution in [3.8, 4) is 11.3 Å². The van der Waals surface area contributed by atoms with Gasteiger partial charge in [0.25, 0.3) is 0 Å². The van der Waals surface area contributed by atoms with Crippen LogP contribution in [0, 0.1) is 0 Å². The fraction of sp³-hybridized carbons (Fsp3) is 0.308. The maximum Gasteiger partial charge on any atom is 0.131 e. The lowest BCUT2D eigenvalue weighted by atomic mass is 10.1. The number of imidazole rings is 1. The van der Waals surface area contributed by atoms with Gasteiger partial charge in [-0.25, -0.2) is 4.98 Å². The van der Waals surface area contributed by atoms with Crippen molar-refractivity contribution in [3.63, 3.8) is 0 Å². The maximum absolute atomic E-state index is 6.18. The second kappa shape index (κ2) is 5.21. The first-order valence-corrected chi connectivity index (χ1v) is 6.56.